The molecule has 1 aromatic rings. The molecule has 0 saturated heterocycles. The number of nitrogens with one attached hydrogen (secondary N) is 3. The van der Waals surface area contributed by atoms with Gasteiger partial charge in [-0.25, -0.2) is 26.8 Å². The van der Waals surface area contributed by atoms with E-state index in [4.69, 9.17) is 9.47 Å². The van der Waals surface area contributed by atoms with Gasteiger partial charge in [0.2, 0.25) is 10.0 Å². The molecule has 0 spiro atoms. The second-order valence-electron chi connectivity index (χ2n) is 6.12. The third-order valence-corrected chi connectivity index (χ3v) is 6.25. The lowest BCUT2D eigenvalue weighted by Crippen LogP contribution is -2.50. The highest BCUT2D eigenvalue weighted by Crippen LogP contribution is 2.26. The average Bonchev–Trinajstić information content (AvgIpc) is 2.63. The van der Waals surface area contributed by atoms with Crippen LogP contribution in [0.5, 0.6) is 0 Å². The zero-order chi connectivity index (χ0) is 23.3. The first-order valence-corrected chi connectivity index (χ1v) is 11.0. The molecule has 1 heterocycles. The van der Waals surface area contributed by atoms with Crippen molar-refractivity contribution in [1.82, 2.24) is 15.4 Å². The monoisotopic (exact) mass is 525 g/mol. The Bertz CT molecular complexity index is 1020. The van der Waals surface area contributed by atoms with Crippen LogP contribution in [0.3, 0.4) is 0 Å². The van der Waals surface area contributed by atoms with Crippen LogP contribution in [0, 0.1) is 11.6 Å². The normalized spacial score (nSPS) is 16.4. The van der Waals surface area contributed by atoms with Gasteiger partial charge in [0.15, 0.2) is 0 Å². The van der Waals surface area contributed by atoms with E-state index in [1.165, 1.54) is 6.92 Å². The van der Waals surface area contributed by atoms with E-state index < -0.39 is 63.7 Å². The molecule has 0 bridgehead atoms. The predicted molar refractivity (Wildman–Crippen MR) is 105 cm³/mol. The Morgan fingerprint density at radius 2 is 1.94 bits per heavy atom. The second kappa shape index (κ2) is 10.2. The van der Waals surface area contributed by atoms with Crippen molar-refractivity contribution in [3.8, 4) is 0 Å². The van der Waals surface area contributed by atoms with Crippen LogP contribution in [0.1, 0.15) is 13.8 Å². The van der Waals surface area contributed by atoms with Gasteiger partial charge in [0, 0.05) is 10.5 Å². The van der Waals surface area contributed by atoms with E-state index in [1.807, 2.05) is 4.72 Å². The molecule has 2 rings (SSSR count). The summed E-state index contributed by atoms with van der Waals surface area (Å²) in [5.74, 6) is -4.17. The second-order valence-corrected chi connectivity index (χ2v) is 8.67. The zero-order valence-corrected chi connectivity index (χ0v) is 18.7. The molecule has 31 heavy (non-hydrogen) atoms. The fourth-order valence-corrected chi connectivity index (χ4v) is 4.74. The Morgan fingerprint density at radius 1 is 1.26 bits per heavy atom. The minimum absolute atomic E-state index is 0.0294. The van der Waals surface area contributed by atoms with Gasteiger partial charge >= 0.3 is 18.0 Å². The number of sulfonamides is 1. The number of amides is 2. The van der Waals surface area contributed by atoms with E-state index in [1.54, 1.807) is 6.92 Å². The van der Waals surface area contributed by atoms with E-state index in [2.05, 4.69) is 26.6 Å². The number of carbonyl (C=O) groups excluding carboxylic acids is 3. The first kappa shape index (κ1) is 24.7. The van der Waals surface area contributed by atoms with Crippen LogP contribution >= 0.6 is 15.9 Å². The molecule has 1 aliphatic heterocycles. The molecule has 0 fully saturated rings. The Balaban J connectivity index is 2.08. The van der Waals surface area contributed by atoms with Crippen molar-refractivity contribution in [2.45, 2.75) is 24.8 Å². The average molecular weight is 526 g/mol. The summed E-state index contributed by atoms with van der Waals surface area (Å²) in [5.41, 5.74) is 0.00498. The number of carbonyl (C=O) groups is 3. The van der Waals surface area contributed by atoms with Crippen molar-refractivity contribution in [3.63, 3.8) is 0 Å². The molecular weight excluding hydrogens is 508 g/mol. The van der Waals surface area contributed by atoms with Gasteiger partial charge in [-0.15, -0.1) is 0 Å². The van der Waals surface area contributed by atoms with Crippen molar-refractivity contribution < 1.29 is 41.1 Å². The third-order valence-electron chi connectivity index (χ3n) is 3.88. The van der Waals surface area contributed by atoms with Gasteiger partial charge in [0.05, 0.1) is 23.9 Å². The summed E-state index contributed by atoms with van der Waals surface area (Å²) < 4.78 is 62.8. The van der Waals surface area contributed by atoms with E-state index in [-0.39, 0.29) is 22.3 Å². The van der Waals surface area contributed by atoms with Gasteiger partial charge in [-0.1, -0.05) is 0 Å². The zero-order valence-electron chi connectivity index (χ0n) is 16.3. The molecule has 0 radical (unpaired) electrons. The topological polar surface area (TPSA) is 140 Å². The summed E-state index contributed by atoms with van der Waals surface area (Å²) in [4.78, 5) is 34.8. The number of ether oxygens (including phenoxy) is 2. The van der Waals surface area contributed by atoms with Gasteiger partial charge in [0.1, 0.15) is 29.7 Å². The molecule has 1 aliphatic rings. The van der Waals surface area contributed by atoms with Gasteiger partial charge < -0.3 is 20.1 Å². The van der Waals surface area contributed by atoms with Crippen molar-refractivity contribution >= 4 is 43.9 Å². The SMILES string of the molecule is CCOC(=O)C1=C(COC(=O)CNS(=O)(=O)c2c(F)cc(F)cc2Br)NC(=O)N[C@@H]1C. The Morgan fingerprint density at radius 3 is 2.55 bits per heavy atom. The quantitative estimate of drug-likeness (QED) is 0.431. The van der Waals surface area contributed by atoms with E-state index in [0.29, 0.717) is 6.07 Å². The van der Waals surface area contributed by atoms with Crippen LogP contribution in [0.15, 0.2) is 32.8 Å². The van der Waals surface area contributed by atoms with Crippen LogP contribution in [0.2, 0.25) is 0 Å². The van der Waals surface area contributed by atoms with E-state index >= 15 is 0 Å². The first-order valence-electron chi connectivity index (χ1n) is 8.73. The lowest BCUT2D eigenvalue weighted by molar-refractivity contribution is -0.142. The largest absolute Gasteiger partial charge is 0.463 e. The highest BCUT2D eigenvalue weighted by Gasteiger charge is 2.30. The number of rotatable bonds is 8. The predicted octanol–water partition coefficient (Wildman–Crippen LogP) is 1.07. The molecule has 3 N–H and O–H groups in total. The molecule has 0 saturated carbocycles. The van der Waals surface area contributed by atoms with Crippen molar-refractivity contribution in [1.29, 1.82) is 0 Å². The maximum atomic E-state index is 13.9. The molecule has 1 aromatic carbocycles. The molecule has 1 atom stereocenters. The number of hydrogen-bond acceptors (Lipinski definition) is 7. The summed E-state index contributed by atoms with van der Waals surface area (Å²) in [6.45, 7) is 1.74. The van der Waals surface area contributed by atoms with Crippen LogP contribution < -0.4 is 15.4 Å². The van der Waals surface area contributed by atoms with E-state index in [0.717, 1.165) is 6.07 Å². The fraction of sp³-hybridized carbons (Fsp3) is 0.353. The minimum atomic E-state index is -4.53. The Hall–Kier alpha value is -2.58. The minimum Gasteiger partial charge on any atom is -0.463 e. The van der Waals surface area contributed by atoms with Gasteiger partial charge in [-0.2, -0.15) is 4.72 Å². The van der Waals surface area contributed by atoms with Gasteiger partial charge in [0.25, 0.3) is 0 Å². The van der Waals surface area contributed by atoms with E-state index in [9.17, 15) is 31.6 Å². The lowest BCUT2D eigenvalue weighted by Gasteiger charge is -2.26. The molecule has 10 nitrogen and oxygen atoms in total. The van der Waals surface area contributed by atoms with Gasteiger partial charge in [-0.3, -0.25) is 4.79 Å². The molecule has 0 aromatic heterocycles. The number of hydrogen-bond donors (Lipinski definition) is 3. The highest BCUT2D eigenvalue weighted by molar-refractivity contribution is 9.10. The maximum Gasteiger partial charge on any atom is 0.338 e. The Labute approximate surface area is 184 Å². The van der Waals surface area contributed by atoms with Gasteiger partial charge in [-0.05, 0) is 35.8 Å². The maximum absolute atomic E-state index is 13.9. The first-order chi connectivity index (χ1) is 14.5. The van der Waals surface area contributed by atoms with Crippen LogP contribution in [-0.2, 0) is 29.1 Å². The standard InChI is InChI=1S/C17H18BrF2N3O7S/c1-3-29-16(25)14-8(2)22-17(26)23-12(14)7-30-13(24)6-21-31(27,28)15-10(18)4-9(19)5-11(15)20/h4-5,8,21H,3,6-7H2,1-2H3,(H2,22,23,26)/t8-/m1/s1. The number of benzene rings is 1. The molecule has 0 unspecified atom stereocenters. The summed E-state index contributed by atoms with van der Waals surface area (Å²) in [5, 5.41) is 4.79. The number of esters is 2. The lowest BCUT2D eigenvalue weighted by atomic mass is 10.0. The van der Waals surface area contributed by atoms with Crippen molar-refractivity contribution in [3.05, 3.63) is 39.5 Å². The molecule has 170 valence electrons. The fourth-order valence-electron chi connectivity index (χ4n) is 2.61. The molecule has 2 amide bonds. The molecular formula is C17H18BrF2N3O7S. The van der Waals surface area contributed by atoms with Crippen molar-refractivity contribution in [2.75, 3.05) is 19.8 Å². The Kier molecular flexibility index (Phi) is 8.08. The summed E-state index contributed by atoms with van der Waals surface area (Å²) in [6, 6.07) is -0.231. The molecule has 14 heteroatoms. The molecule has 0 aliphatic carbocycles. The van der Waals surface area contributed by atoms with Crippen LogP contribution in [-0.4, -0.2) is 52.2 Å². The van der Waals surface area contributed by atoms with Crippen LogP contribution in [0.4, 0.5) is 13.6 Å². The van der Waals surface area contributed by atoms with Crippen LogP contribution in [0.25, 0.3) is 0 Å². The number of urea groups is 1. The summed E-state index contributed by atoms with van der Waals surface area (Å²) in [7, 11) is -4.53. The third kappa shape index (κ3) is 6.21. The highest BCUT2D eigenvalue weighted by atomic mass is 79.9. The van der Waals surface area contributed by atoms with Crippen molar-refractivity contribution in [2.24, 2.45) is 0 Å². The summed E-state index contributed by atoms with van der Waals surface area (Å²) in [6.07, 6.45) is 0. The smallest absolute Gasteiger partial charge is 0.338 e. The summed E-state index contributed by atoms with van der Waals surface area (Å²) >= 11 is 2.76. The number of halogens is 3.